The van der Waals surface area contributed by atoms with Crippen LogP contribution in [0.15, 0.2) is 36.9 Å². The summed E-state index contributed by atoms with van der Waals surface area (Å²) in [7, 11) is 0. The van der Waals surface area contributed by atoms with Gasteiger partial charge < -0.3 is 14.5 Å². The van der Waals surface area contributed by atoms with Crippen LogP contribution in [0.4, 0.5) is 10.5 Å². The van der Waals surface area contributed by atoms with Crippen molar-refractivity contribution in [1.82, 2.24) is 29.2 Å². The van der Waals surface area contributed by atoms with Gasteiger partial charge in [-0.05, 0) is 45.7 Å². The molecule has 1 aliphatic carbocycles. The minimum Gasteiger partial charge on any atom is -0.444 e. The summed E-state index contributed by atoms with van der Waals surface area (Å²) in [6.45, 7) is 12.9. The molecular formula is C30H41N7O4. The maximum Gasteiger partial charge on any atom is 0.410 e. The number of aromatic nitrogens is 4. The summed E-state index contributed by atoms with van der Waals surface area (Å²) >= 11 is 0. The van der Waals surface area contributed by atoms with Crippen molar-refractivity contribution in [3.8, 4) is 11.1 Å². The number of piperazine rings is 1. The summed E-state index contributed by atoms with van der Waals surface area (Å²) in [5, 5.41) is 9.07. The number of anilines is 1. The average molecular weight is 564 g/mol. The first-order chi connectivity index (χ1) is 19.6. The van der Waals surface area contributed by atoms with E-state index in [1.807, 2.05) is 62.5 Å². The maximum atomic E-state index is 12.6. The Balaban J connectivity index is 0.00000165. The molecule has 11 heteroatoms. The maximum absolute atomic E-state index is 12.6. The van der Waals surface area contributed by atoms with E-state index in [1.54, 1.807) is 17.1 Å². The molecule has 0 aromatic carbocycles. The number of ketones is 1. The molecular weight excluding hydrogens is 522 g/mol. The minimum atomic E-state index is -0.627. The van der Waals surface area contributed by atoms with Crippen LogP contribution in [0.25, 0.3) is 16.6 Å². The number of carbonyl (C=O) groups excluding carboxylic acids is 3. The van der Waals surface area contributed by atoms with E-state index in [4.69, 9.17) is 4.74 Å². The van der Waals surface area contributed by atoms with Crippen molar-refractivity contribution in [2.75, 3.05) is 44.2 Å². The van der Waals surface area contributed by atoms with Crippen molar-refractivity contribution in [3.05, 3.63) is 36.9 Å². The Bertz CT molecular complexity index is 1410. The lowest BCUT2D eigenvalue weighted by atomic mass is 10.1. The third kappa shape index (κ3) is 6.39. The number of hydrogen-bond acceptors (Lipinski definition) is 7. The summed E-state index contributed by atoms with van der Waals surface area (Å²) in [6, 6.07) is 3.87. The van der Waals surface area contributed by atoms with E-state index in [1.165, 1.54) is 4.90 Å². The summed E-state index contributed by atoms with van der Waals surface area (Å²) in [5.41, 5.74) is 3.33. The molecule has 3 aliphatic rings. The third-order valence-corrected chi connectivity index (χ3v) is 7.57. The standard InChI is InChI=1S/C28H35N7O4.C2H6/c1-28(2,3)39-27(38)33-17-22(13-23(36)18-33)34-16-21(14-30-34)20-12-25-24(6-7-29-35(25)15-20)31-8-10-32(11-9-31)26(37)19-4-5-19;1-2/h6-7,12,14-16,19,22H,4-5,8-11,13,17-18H2,1-3H3;1-2H3. The van der Waals surface area contributed by atoms with Gasteiger partial charge in [0.2, 0.25) is 5.91 Å². The molecule has 2 amide bonds. The molecule has 0 N–H and O–H groups in total. The van der Waals surface area contributed by atoms with Gasteiger partial charge in [-0.3, -0.25) is 19.2 Å². The first-order valence-corrected chi connectivity index (χ1v) is 14.7. The number of rotatable bonds is 4. The van der Waals surface area contributed by atoms with Gasteiger partial charge in [0.25, 0.3) is 0 Å². The monoisotopic (exact) mass is 563 g/mol. The Hall–Kier alpha value is -3.89. The summed E-state index contributed by atoms with van der Waals surface area (Å²) in [6.07, 6.45) is 9.39. The summed E-state index contributed by atoms with van der Waals surface area (Å²) in [5.74, 6) is 0.548. The highest BCUT2D eigenvalue weighted by Gasteiger charge is 2.35. The van der Waals surface area contributed by atoms with E-state index in [0.29, 0.717) is 18.9 Å². The molecule has 2 aliphatic heterocycles. The number of amides is 2. The van der Waals surface area contributed by atoms with E-state index >= 15 is 0 Å². The number of likely N-dealkylation sites (tertiary alicyclic amines) is 1. The van der Waals surface area contributed by atoms with Crippen LogP contribution in [-0.4, -0.2) is 91.8 Å². The molecule has 2 saturated heterocycles. The molecule has 0 radical (unpaired) electrons. The lowest BCUT2D eigenvalue weighted by Gasteiger charge is -2.36. The quantitative estimate of drug-likeness (QED) is 0.472. The second-order valence-electron chi connectivity index (χ2n) is 11.8. The zero-order valence-electron chi connectivity index (χ0n) is 24.7. The smallest absolute Gasteiger partial charge is 0.410 e. The fourth-order valence-corrected chi connectivity index (χ4v) is 5.43. The van der Waals surface area contributed by atoms with Crippen molar-refractivity contribution in [2.24, 2.45) is 5.92 Å². The SMILES string of the molecule is CC.CC(C)(C)OC(=O)N1CC(=O)CC(n2cc(-c3cc4c(N5CCN(C(=O)C6CC6)CC5)ccnn4c3)cn2)C1. The largest absolute Gasteiger partial charge is 0.444 e. The van der Waals surface area contributed by atoms with Crippen LogP contribution in [0.5, 0.6) is 0 Å². The number of piperidine rings is 1. The van der Waals surface area contributed by atoms with E-state index in [2.05, 4.69) is 21.2 Å². The number of nitrogens with zero attached hydrogens (tertiary/aromatic N) is 7. The van der Waals surface area contributed by atoms with Crippen LogP contribution in [0, 0.1) is 5.92 Å². The molecule has 3 aromatic rings. The van der Waals surface area contributed by atoms with Crippen molar-refractivity contribution >= 4 is 29.0 Å². The zero-order valence-corrected chi connectivity index (χ0v) is 24.7. The molecule has 0 bridgehead atoms. The number of fused-ring (bicyclic) bond motifs is 1. The molecule has 220 valence electrons. The van der Waals surface area contributed by atoms with Crippen LogP contribution < -0.4 is 4.90 Å². The van der Waals surface area contributed by atoms with Crippen molar-refractivity contribution in [2.45, 2.75) is 65.5 Å². The summed E-state index contributed by atoms with van der Waals surface area (Å²) < 4.78 is 9.13. The van der Waals surface area contributed by atoms with E-state index in [0.717, 1.165) is 61.4 Å². The van der Waals surface area contributed by atoms with Gasteiger partial charge in [-0.1, -0.05) is 13.8 Å². The predicted molar refractivity (Wildman–Crippen MR) is 156 cm³/mol. The number of ether oxygens (including phenoxy) is 1. The first-order valence-electron chi connectivity index (χ1n) is 14.7. The Labute approximate surface area is 241 Å². The second-order valence-corrected chi connectivity index (χ2v) is 11.8. The molecule has 0 spiro atoms. The molecule has 1 saturated carbocycles. The lowest BCUT2D eigenvalue weighted by molar-refractivity contribution is -0.132. The Morgan fingerprint density at radius 2 is 1.71 bits per heavy atom. The highest BCUT2D eigenvalue weighted by atomic mass is 16.6. The lowest BCUT2D eigenvalue weighted by Crippen LogP contribution is -2.49. The first kappa shape index (κ1) is 28.6. The van der Waals surface area contributed by atoms with Gasteiger partial charge in [-0.2, -0.15) is 10.2 Å². The van der Waals surface area contributed by atoms with Crippen molar-refractivity contribution in [3.63, 3.8) is 0 Å². The molecule has 1 unspecified atom stereocenters. The highest BCUT2D eigenvalue weighted by molar-refractivity contribution is 5.86. The van der Waals surface area contributed by atoms with Crippen LogP contribution in [0.3, 0.4) is 0 Å². The van der Waals surface area contributed by atoms with Gasteiger partial charge >= 0.3 is 6.09 Å². The van der Waals surface area contributed by atoms with Crippen molar-refractivity contribution in [1.29, 1.82) is 0 Å². The second kappa shape index (κ2) is 11.5. The Kier molecular flexibility index (Phi) is 8.06. The topological polar surface area (TPSA) is 105 Å². The minimum absolute atomic E-state index is 0.0171. The van der Waals surface area contributed by atoms with E-state index < -0.39 is 11.7 Å². The molecule has 1 atom stereocenters. The zero-order chi connectivity index (χ0) is 29.3. The Morgan fingerprint density at radius 3 is 2.39 bits per heavy atom. The fraction of sp³-hybridized carbons (Fsp3) is 0.567. The molecule has 41 heavy (non-hydrogen) atoms. The van der Waals surface area contributed by atoms with Crippen LogP contribution in [0.2, 0.25) is 0 Å². The Morgan fingerprint density at radius 1 is 0.976 bits per heavy atom. The normalized spacial score (nSPS) is 19.7. The summed E-state index contributed by atoms with van der Waals surface area (Å²) in [4.78, 5) is 43.3. The molecule has 6 rings (SSSR count). The highest BCUT2D eigenvalue weighted by Crippen LogP contribution is 2.33. The molecule has 11 nitrogen and oxygen atoms in total. The van der Waals surface area contributed by atoms with Gasteiger partial charge in [-0.15, -0.1) is 0 Å². The number of Topliss-reactive ketones (excluding diaryl/α,β-unsaturated/α-hetero) is 1. The van der Waals surface area contributed by atoms with Gasteiger partial charge in [-0.25, -0.2) is 9.31 Å². The van der Waals surface area contributed by atoms with Crippen LogP contribution in [0.1, 0.15) is 59.9 Å². The number of hydrogen-bond donors (Lipinski definition) is 0. The van der Waals surface area contributed by atoms with Crippen LogP contribution in [-0.2, 0) is 14.3 Å². The van der Waals surface area contributed by atoms with Gasteiger partial charge in [0.05, 0.1) is 30.0 Å². The average Bonchev–Trinajstić information content (AvgIpc) is 3.51. The predicted octanol–water partition coefficient (Wildman–Crippen LogP) is 4.03. The van der Waals surface area contributed by atoms with Gasteiger partial charge in [0, 0.05) is 74.8 Å². The molecule has 5 heterocycles. The van der Waals surface area contributed by atoms with Crippen molar-refractivity contribution < 1.29 is 19.1 Å². The van der Waals surface area contributed by atoms with Gasteiger partial charge in [0.1, 0.15) is 5.60 Å². The fourth-order valence-electron chi connectivity index (χ4n) is 5.43. The van der Waals surface area contributed by atoms with E-state index in [9.17, 15) is 14.4 Å². The molecule has 3 aromatic heterocycles. The van der Waals surface area contributed by atoms with E-state index in [-0.39, 0.29) is 24.3 Å². The van der Waals surface area contributed by atoms with Crippen LogP contribution >= 0.6 is 0 Å². The number of carbonyl (C=O) groups is 3. The molecule has 3 fully saturated rings. The third-order valence-electron chi connectivity index (χ3n) is 7.57. The van der Waals surface area contributed by atoms with Gasteiger partial charge in [0.15, 0.2) is 5.78 Å².